The molecule has 1 N–H and O–H groups in total. The standard InChI is InChI=1S/C19H28N2/c1-5-11-20-18(12-14(3)6-2)19-13-15(4)16-9-7-8-10-17(16)21-19/h7-10,13-14,18,20H,5-6,11-12H2,1-4H3. The van der Waals surface area contributed by atoms with Gasteiger partial charge in [0, 0.05) is 11.4 Å². The lowest BCUT2D eigenvalue weighted by Gasteiger charge is -2.22. The molecule has 0 bridgehead atoms. The minimum Gasteiger partial charge on any atom is -0.309 e. The zero-order valence-electron chi connectivity index (χ0n) is 13.8. The van der Waals surface area contributed by atoms with Gasteiger partial charge < -0.3 is 5.32 Å². The molecule has 0 saturated heterocycles. The van der Waals surface area contributed by atoms with Crippen LogP contribution < -0.4 is 5.32 Å². The van der Waals surface area contributed by atoms with Gasteiger partial charge in [0.05, 0.1) is 11.2 Å². The number of pyridine rings is 1. The fourth-order valence-electron chi connectivity index (χ4n) is 2.75. The first-order chi connectivity index (χ1) is 10.2. The molecule has 2 nitrogen and oxygen atoms in total. The normalized spacial score (nSPS) is 14.3. The van der Waals surface area contributed by atoms with Crippen molar-refractivity contribution in [3.05, 3.63) is 41.6 Å². The minimum absolute atomic E-state index is 0.364. The Morgan fingerprint density at radius 1 is 1.19 bits per heavy atom. The maximum Gasteiger partial charge on any atom is 0.0708 e. The fraction of sp³-hybridized carbons (Fsp3) is 0.526. The highest BCUT2D eigenvalue weighted by atomic mass is 14.9. The van der Waals surface area contributed by atoms with Crippen molar-refractivity contribution in [2.75, 3.05) is 6.54 Å². The number of hydrogen-bond donors (Lipinski definition) is 1. The third kappa shape index (κ3) is 4.04. The molecule has 0 fully saturated rings. The van der Waals surface area contributed by atoms with Gasteiger partial charge in [0.1, 0.15) is 0 Å². The van der Waals surface area contributed by atoms with Crippen LogP contribution in [-0.2, 0) is 0 Å². The Morgan fingerprint density at radius 3 is 2.67 bits per heavy atom. The summed E-state index contributed by atoms with van der Waals surface area (Å²) in [7, 11) is 0. The van der Waals surface area contributed by atoms with Crippen LogP contribution in [0.4, 0.5) is 0 Å². The van der Waals surface area contributed by atoms with E-state index in [1.165, 1.54) is 23.1 Å². The van der Waals surface area contributed by atoms with E-state index in [1.54, 1.807) is 0 Å². The summed E-state index contributed by atoms with van der Waals surface area (Å²) in [5, 5.41) is 4.94. The second-order valence-corrected chi connectivity index (χ2v) is 6.14. The van der Waals surface area contributed by atoms with Crippen LogP contribution in [0.15, 0.2) is 30.3 Å². The van der Waals surface area contributed by atoms with Crippen molar-refractivity contribution in [1.29, 1.82) is 0 Å². The molecule has 1 aromatic heterocycles. The Balaban J connectivity index is 2.34. The first-order valence-corrected chi connectivity index (χ1v) is 8.25. The highest BCUT2D eigenvalue weighted by Gasteiger charge is 2.16. The molecule has 0 radical (unpaired) electrons. The topological polar surface area (TPSA) is 24.9 Å². The van der Waals surface area contributed by atoms with E-state index >= 15 is 0 Å². The van der Waals surface area contributed by atoms with Crippen molar-refractivity contribution in [1.82, 2.24) is 10.3 Å². The number of nitrogens with zero attached hydrogens (tertiary/aromatic N) is 1. The number of benzene rings is 1. The van der Waals surface area contributed by atoms with Gasteiger partial charge in [0.2, 0.25) is 0 Å². The molecule has 1 aromatic carbocycles. The Morgan fingerprint density at radius 2 is 1.95 bits per heavy atom. The van der Waals surface area contributed by atoms with Crippen LogP contribution in [0.1, 0.15) is 57.3 Å². The molecule has 2 aromatic rings. The summed E-state index contributed by atoms with van der Waals surface area (Å²) < 4.78 is 0. The molecular formula is C19H28N2. The van der Waals surface area contributed by atoms with Gasteiger partial charge in [-0.15, -0.1) is 0 Å². The van der Waals surface area contributed by atoms with Crippen molar-refractivity contribution in [3.8, 4) is 0 Å². The summed E-state index contributed by atoms with van der Waals surface area (Å²) in [5.41, 5.74) is 3.63. The van der Waals surface area contributed by atoms with Gasteiger partial charge in [0.25, 0.3) is 0 Å². The highest BCUT2D eigenvalue weighted by Crippen LogP contribution is 2.26. The lowest BCUT2D eigenvalue weighted by Crippen LogP contribution is -2.25. The number of aryl methyl sites for hydroxylation is 1. The van der Waals surface area contributed by atoms with Gasteiger partial charge in [0.15, 0.2) is 0 Å². The van der Waals surface area contributed by atoms with E-state index in [9.17, 15) is 0 Å². The Hall–Kier alpha value is -1.41. The van der Waals surface area contributed by atoms with Crippen molar-refractivity contribution in [2.45, 2.75) is 53.0 Å². The van der Waals surface area contributed by atoms with Gasteiger partial charge in [-0.2, -0.15) is 0 Å². The van der Waals surface area contributed by atoms with Crippen LogP contribution in [0.5, 0.6) is 0 Å². The van der Waals surface area contributed by atoms with E-state index < -0.39 is 0 Å². The van der Waals surface area contributed by atoms with E-state index in [-0.39, 0.29) is 0 Å². The molecule has 2 heteroatoms. The molecule has 2 rings (SSSR count). The van der Waals surface area contributed by atoms with Gasteiger partial charge in [-0.25, -0.2) is 0 Å². The summed E-state index contributed by atoms with van der Waals surface area (Å²) in [6.45, 7) is 10.0. The molecule has 2 atom stereocenters. The summed E-state index contributed by atoms with van der Waals surface area (Å²) in [6.07, 6.45) is 3.53. The zero-order chi connectivity index (χ0) is 15.2. The highest BCUT2D eigenvalue weighted by molar-refractivity contribution is 5.82. The van der Waals surface area contributed by atoms with Crippen LogP contribution in [-0.4, -0.2) is 11.5 Å². The second-order valence-electron chi connectivity index (χ2n) is 6.14. The van der Waals surface area contributed by atoms with E-state index in [0.717, 1.165) is 24.9 Å². The summed E-state index contributed by atoms with van der Waals surface area (Å²) in [5.74, 6) is 0.716. The Labute approximate surface area is 129 Å². The van der Waals surface area contributed by atoms with E-state index in [0.29, 0.717) is 12.0 Å². The Kier molecular flexibility index (Phi) is 5.75. The van der Waals surface area contributed by atoms with Gasteiger partial charge in [-0.3, -0.25) is 4.98 Å². The molecule has 0 aliphatic rings. The quantitative estimate of drug-likeness (QED) is 0.772. The zero-order valence-corrected chi connectivity index (χ0v) is 13.8. The van der Waals surface area contributed by atoms with Crippen molar-refractivity contribution in [3.63, 3.8) is 0 Å². The van der Waals surface area contributed by atoms with E-state index in [2.05, 4.69) is 63.3 Å². The molecule has 0 saturated carbocycles. The monoisotopic (exact) mass is 284 g/mol. The van der Waals surface area contributed by atoms with E-state index in [1.807, 2.05) is 0 Å². The van der Waals surface area contributed by atoms with Gasteiger partial charge in [-0.05, 0) is 49.9 Å². The van der Waals surface area contributed by atoms with Crippen LogP contribution in [0, 0.1) is 12.8 Å². The molecule has 114 valence electrons. The van der Waals surface area contributed by atoms with Crippen molar-refractivity contribution in [2.24, 2.45) is 5.92 Å². The smallest absolute Gasteiger partial charge is 0.0708 e. The molecular weight excluding hydrogens is 256 g/mol. The Bertz CT molecular complexity index is 577. The number of para-hydroxylation sites is 1. The fourth-order valence-corrected chi connectivity index (χ4v) is 2.75. The number of rotatable bonds is 7. The lowest BCUT2D eigenvalue weighted by molar-refractivity contribution is 0.397. The van der Waals surface area contributed by atoms with Crippen LogP contribution >= 0.6 is 0 Å². The molecule has 0 aliphatic heterocycles. The molecule has 21 heavy (non-hydrogen) atoms. The summed E-state index contributed by atoms with van der Waals surface area (Å²) >= 11 is 0. The van der Waals surface area contributed by atoms with Crippen molar-refractivity contribution >= 4 is 10.9 Å². The van der Waals surface area contributed by atoms with Crippen LogP contribution in [0.2, 0.25) is 0 Å². The second kappa shape index (κ2) is 7.56. The SMILES string of the molecule is CCCNC(CC(C)CC)c1cc(C)c2ccccc2n1. The van der Waals surface area contributed by atoms with Crippen molar-refractivity contribution < 1.29 is 0 Å². The number of aromatic nitrogens is 1. The molecule has 0 spiro atoms. The molecule has 2 unspecified atom stereocenters. The average molecular weight is 284 g/mol. The molecule has 0 amide bonds. The maximum absolute atomic E-state index is 4.91. The maximum atomic E-state index is 4.91. The number of hydrogen-bond acceptors (Lipinski definition) is 2. The first kappa shape index (κ1) is 16.0. The molecule has 1 heterocycles. The predicted octanol–water partition coefficient (Wildman–Crippen LogP) is 5.02. The lowest BCUT2D eigenvalue weighted by atomic mass is 9.95. The van der Waals surface area contributed by atoms with Crippen LogP contribution in [0.25, 0.3) is 10.9 Å². The third-order valence-corrected chi connectivity index (χ3v) is 4.28. The van der Waals surface area contributed by atoms with Gasteiger partial charge >= 0.3 is 0 Å². The van der Waals surface area contributed by atoms with Crippen LogP contribution in [0.3, 0.4) is 0 Å². The molecule has 0 aliphatic carbocycles. The minimum atomic E-state index is 0.364. The van der Waals surface area contributed by atoms with Gasteiger partial charge in [-0.1, -0.05) is 45.4 Å². The summed E-state index contributed by atoms with van der Waals surface area (Å²) in [6, 6.07) is 11.1. The largest absolute Gasteiger partial charge is 0.309 e. The van der Waals surface area contributed by atoms with E-state index in [4.69, 9.17) is 4.98 Å². The predicted molar refractivity (Wildman–Crippen MR) is 91.6 cm³/mol. The third-order valence-electron chi connectivity index (χ3n) is 4.28. The first-order valence-electron chi connectivity index (χ1n) is 8.25. The number of fused-ring (bicyclic) bond motifs is 1. The number of nitrogens with one attached hydrogen (secondary N) is 1. The average Bonchev–Trinajstić information content (AvgIpc) is 2.51. The summed E-state index contributed by atoms with van der Waals surface area (Å²) in [4.78, 5) is 4.91.